The Hall–Kier alpha value is -2.13. The van der Waals surface area contributed by atoms with Gasteiger partial charge in [0.2, 0.25) is 11.0 Å². The first kappa shape index (κ1) is 16.7. The van der Waals surface area contributed by atoms with E-state index in [0.29, 0.717) is 23.3 Å². The average molecular weight is 347 g/mol. The third kappa shape index (κ3) is 3.68. The molecular formula is C15H21N7OS. The van der Waals surface area contributed by atoms with Crippen molar-refractivity contribution in [3.63, 3.8) is 0 Å². The molecule has 1 amide bonds. The molecule has 2 aromatic rings. The van der Waals surface area contributed by atoms with Crippen LogP contribution in [-0.2, 0) is 4.79 Å². The number of aromatic nitrogens is 4. The Labute approximate surface area is 144 Å². The van der Waals surface area contributed by atoms with Crippen molar-refractivity contribution in [2.45, 2.75) is 32.7 Å². The van der Waals surface area contributed by atoms with Gasteiger partial charge < -0.3 is 15.5 Å². The lowest BCUT2D eigenvalue weighted by atomic mass is 10.1. The van der Waals surface area contributed by atoms with E-state index in [1.54, 1.807) is 7.05 Å². The number of rotatable bonds is 5. The lowest BCUT2D eigenvalue weighted by Gasteiger charge is -2.24. The highest BCUT2D eigenvalue weighted by atomic mass is 32.1. The maximum atomic E-state index is 12.3. The number of carbonyl (C=O) groups excluding carboxylic acids is 1. The summed E-state index contributed by atoms with van der Waals surface area (Å²) in [4.78, 5) is 23.2. The summed E-state index contributed by atoms with van der Waals surface area (Å²) < 4.78 is 0. The van der Waals surface area contributed by atoms with Crippen LogP contribution in [0.3, 0.4) is 0 Å². The third-order valence-electron chi connectivity index (χ3n) is 3.86. The second-order valence-corrected chi connectivity index (χ2v) is 6.93. The molecule has 2 N–H and O–H groups in total. The van der Waals surface area contributed by atoms with Crippen molar-refractivity contribution in [1.29, 1.82) is 0 Å². The lowest BCUT2D eigenvalue weighted by Crippen LogP contribution is -2.37. The monoisotopic (exact) mass is 347 g/mol. The van der Waals surface area contributed by atoms with E-state index < -0.39 is 0 Å². The van der Waals surface area contributed by atoms with Gasteiger partial charge in [0.1, 0.15) is 16.6 Å². The fourth-order valence-corrected chi connectivity index (χ4v) is 3.51. The molecule has 0 bridgehead atoms. The molecule has 1 saturated heterocycles. The van der Waals surface area contributed by atoms with E-state index in [-0.39, 0.29) is 11.9 Å². The summed E-state index contributed by atoms with van der Waals surface area (Å²) in [5, 5.41) is 15.7. The molecule has 8 nitrogen and oxygen atoms in total. The van der Waals surface area contributed by atoms with Gasteiger partial charge in [0.15, 0.2) is 0 Å². The first-order chi connectivity index (χ1) is 11.6. The van der Waals surface area contributed by atoms with Gasteiger partial charge in [-0.25, -0.2) is 9.97 Å². The summed E-state index contributed by atoms with van der Waals surface area (Å²) in [6.45, 7) is 4.88. The molecule has 3 rings (SSSR count). The molecule has 0 saturated carbocycles. The molecule has 0 aromatic carbocycles. The molecular weight excluding hydrogens is 326 g/mol. The van der Waals surface area contributed by atoms with E-state index in [1.165, 1.54) is 11.3 Å². The van der Waals surface area contributed by atoms with Crippen LogP contribution in [-0.4, -0.2) is 51.1 Å². The van der Waals surface area contributed by atoms with Crippen LogP contribution in [0.15, 0.2) is 6.07 Å². The smallest absolute Gasteiger partial charge is 0.237 e. The first-order valence-electron chi connectivity index (χ1n) is 7.93. The molecule has 0 spiro atoms. The summed E-state index contributed by atoms with van der Waals surface area (Å²) in [5.41, 5.74) is 0.869. The van der Waals surface area contributed by atoms with Crippen LogP contribution in [0.25, 0.3) is 0 Å². The fourth-order valence-electron chi connectivity index (χ4n) is 2.91. The number of anilines is 2. The molecule has 0 aliphatic carbocycles. The van der Waals surface area contributed by atoms with Crippen LogP contribution in [0.2, 0.25) is 0 Å². The molecule has 1 atom stereocenters. The van der Waals surface area contributed by atoms with Crippen molar-refractivity contribution in [1.82, 2.24) is 30.4 Å². The highest BCUT2D eigenvalue weighted by Crippen LogP contribution is 2.32. The predicted molar refractivity (Wildman–Crippen MR) is 92.3 cm³/mol. The Bertz CT molecular complexity index is 732. The van der Waals surface area contributed by atoms with Gasteiger partial charge >= 0.3 is 0 Å². The maximum absolute atomic E-state index is 12.3. The largest absolute Gasteiger partial charge is 0.333 e. The summed E-state index contributed by atoms with van der Waals surface area (Å²) >= 11 is 1.47. The van der Waals surface area contributed by atoms with E-state index in [0.717, 1.165) is 30.1 Å². The minimum atomic E-state index is 0.00394. The fraction of sp³-hybridized carbons (Fsp3) is 0.533. The number of nitrogens with one attached hydrogen (secondary N) is 2. The van der Waals surface area contributed by atoms with Gasteiger partial charge in [0.05, 0.1) is 18.3 Å². The number of nitrogens with zero attached hydrogens (tertiary/aromatic N) is 5. The Morgan fingerprint density at radius 1 is 1.38 bits per heavy atom. The van der Waals surface area contributed by atoms with Crippen molar-refractivity contribution in [2.75, 3.05) is 25.5 Å². The summed E-state index contributed by atoms with van der Waals surface area (Å²) in [6.07, 6.45) is 1.91. The molecule has 1 fully saturated rings. The Balaban J connectivity index is 1.83. The van der Waals surface area contributed by atoms with Gasteiger partial charge in [0.25, 0.3) is 0 Å². The number of hydrogen-bond donors (Lipinski definition) is 2. The van der Waals surface area contributed by atoms with Gasteiger partial charge in [-0.1, -0.05) is 11.3 Å². The average Bonchev–Trinajstić information content (AvgIpc) is 3.16. The number of likely N-dealkylation sites (tertiary alicyclic amines) is 1. The Kier molecular flexibility index (Phi) is 5.00. The number of hydrogen-bond acceptors (Lipinski definition) is 8. The topological polar surface area (TPSA) is 95.9 Å². The van der Waals surface area contributed by atoms with E-state index >= 15 is 0 Å². The highest BCUT2D eigenvalue weighted by molar-refractivity contribution is 7.15. The lowest BCUT2D eigenvalue weighted by molar-refractivity contribution is -0.131. The van der Waals surface area contributed by atoms with Gasteiger partial charge in [-0.15, -0.1) is 10.2 Å². The molecule has 24 heavy (non-hydrogen) atoms. The minimum Gasteiger partial charge on any atom is -0.333 e. The van der Waals surface area contributed by atoms with Gasteiger partial charge in [-0.2, -0.15) is 0 Å². The van der Waals surface area contributed by atoms with Crippen LogP contribution >= 0.6 is 11.3 Å². The van der Waals surface area contributed by atoms with Crippen molar-refractivity contribution < 1.29 is 4.79 Å². The van der Waals surface area contributed by atoms with Crippen LogP contribution < -0.4 is 10.6 Å². The minimum absolute atomic E-state index is 0.00394. The van der Waals surface area contributed by atoms with E-state index in [9.17, 15) is 4.79 Å². The molecule has 1 unspecified atom stereocenters. The van der Waals surface area contributed by atoms with Crippen molar-refractivity contribution in [2.24, 2.45) is 0 Å². The van der Waals surface area contributed by atoms with E-state index in [2.05, 4.69) is 30.8 Å². The second-order valence-electron chi connectivity index (χ2n) is 5.75. The summed E-state index contributed by atoms with van der Waals surface area (Å²) in [5.74, 6) is 1.45. The van der Waals surface area contributed by atoms with Gasteiger partial charge in [-0.3, -0.25) is 4.79 Å². The normalized spacial score (nSPS) is 17.3. The third-order valence-corrected chi connectivity index (χ3v) is 4.62. The first-order valence-corrected chi connectivity index (χ1v) is 8.75. The predicted octanol–water partition coefficient (Wildman–Crippen LogP) is 1.57. The van der Waals surface area contributed by atoms with Gasteiger partial charge in [0, 0.05) is 12.6 Å². The zero-order chi connectivity index (χ0) is 17.1. The van der Waals surface area contributed by atoms with E-state index in [4.69, 9.17) is 0 Å². The number of likely N-dealkylation sites (N-methyl/N-ethyl adjacent to an activating group) is 1. The summed E-state index contributed by atoms with van der Waals surface area (Å²) in [7, 11) is 1.78. The zero-order valence-electron chi connectivity index (χ0n) is 14.0. The van der Waals surface area contributed by atoms with Crippen molar-refractivity contribution in [3.05, 3.63) is 22.6 Å². The summed E-state index contributed by atoms with van der Waals surface area (Å²) in [6, 6.07) is 1.91. The highest BCUT2D eigenvalue weighted by Gasteiger charge is 2.31. The van der Waals surface area contributed by atoms with Crippen LogP contribution in [0.1, 0.15) is 35.4 Å². The van der Waals surface area contributed by atoms with Crippen LogP contribution in [0.5, 0.6) is 0 Å². The number of carbonyl (C=O) groups is 1. The molecule has 3 heterocycles. The van der Waals surface area contributed by atoms with Crippen LogP contribution in [0, 0.1) is 13.8 Å². The number of aryl methyl sites for hydroxylation is 2. The van der Waals surface area contributed by atoms with Crippen molar-refractivity contribution >= 4 is 28.2 Å². The SMILES string of the molecule is CNCC(=O)N1CCCC1c1cc(Nc2nnc(C)s2)nc(C)n1. The molecule has 1 aliphatic heterocycles. The van der Waals surface area contributed by atoms with E-state index in [1.807, 2.05) is 24.8 Å². The molecule has 128 valence electrons. The van der Waals surface area contributed by atoms with Crippen molar-refractivity contribution in [3.8, 4) is 0 Å². The molecule has 1 aliphatic rings. The Morgan fingerprint density at radius 3 is 2.92 bits per heavy atom. The Morgan fingerprint density at radius 2 is 2.21 bits per heavy atom. The molecule has 9 heteroatoms. The standard InChI is InChI=1S/C15H21N7OS/c1-9-17-11(12-5-4-6-22(12)14(23)8-16-3)7-13(18-9)19-15-21-20-10(2)24-15/h7,12,16H,4-6,8H2,1-3H3,(H,17,18,19,21). The second kappa shape index (κ2) is 7.18. The quantitative estimate of drug-likeness (QED) is 0.847. The maximum Gasteiger partial charge on any atom is 0.237 e. The zero-order valence-corrected chi connectivity index (χ0v) is 14.9. The molecule has 2 aromatic heterocycles. The van der Waals surface area contributed by atoms with Gasteiger partial charge in [-0.05, 0) is 33.7 Å². The number of amides is 1. The van der Waals surface area contributed by atoms with Crippen LogP contribution in [0.4, 0.5) is 10.9 Å². The molecule has 0 radical (unpaired) electrons.